The van der Waals surface area contributed by atoms with Crippen molar-refractivity contribution < 1.29 is 9.59 Å². The van der Waals surface area contributed by atoms with E-state index in [2.05, 4.69) is 17.4 Å². The molecule has 0 heterocycles. The number of benzene rings is 2. The number of nitrogens with one attached hydrogen (secondary N) is 1. The predicted octanol–water partition coefficient (Wildman–Crippen LogP) is 5.73. The van der Waals surface area contributed by atoms with Crippen LogP contribution < -0.4 is 5.32 Å². The fourth-order valence-corrected chi connectivity index (χ4v) is 5.04. The number of carbonyl (C=O) groups is 2. The SMILES string of the molecule is C[C@@H](C(=O)NC1CCCCC1)N(CCc1ccccc1)C(=O)CCSc1ccc(Cl)cc1. The van der Waals surface area contributed by atoms with Crippen molar-refractivity contribution in [1.82, 2.24) is 10.2 Å². The zero-order valence-electron chi connectivity index (χ0n) is 18.8. The number of hydrogen-bond donors (Lipinski definition) is 1. The molecular formula is C26H33ClN2O2S. The van der Waals surface area contributed by atoms with Crippen molar-refractivity contribution in [2.24, 2.45) is 0 Å². The van der Waals surface area contributed by atoms with Gasteiger partial charge in [-0.15, -0.1) is 11.8 Å². The lowest BCUT2D eigenvalue weighted by atomic mass is 9.95. The first kappa shape index (κ1) is 24.7. The number of carbonyl (C=O) groups excluding carboxylic acids is 2. The van der Waals surface area contributed by atoms with Crippen molar-refractivity contribution in [2.45, 2.75) is 68.8 Å². The van der Waals surface area contributed by atoms with Gasteiger partial charge in [-0.1, -0.05) is 61.2 Å². The minimum Gasteiger partial charge on any atom is -0.352 e. The topological polar surface area (TPSA) is 49.4 Å². The lowest BCUT2D eigenvalue weighted by molar-refractivity contribution is -0.140. The highest BCUT2D eigenvalue weighted by atomic mass is 35.5. The minimum absolute atomic E-state index is 0.0219. The van der Waals surface area contributed by atoms with Gasteiger partial charge in [0.25, 0.3) is 0 Å². The molecule has 0 radical (unpaired) electrons. The van der Waals surface area contributed by atoms with Crippen LogP contribution in [0.4, 0.5) is 0 Å². The molecule has 172 valence electrons. The molecule has 1 fully saturated rings. The van der Waals surface area contributed by atoms with Crippen LogP contribution in [0.5, 0.6) is 0 Å². The minimum atomic E-state index is -0.478. The third-order valence-corrected chi connectivity index (χ3v) is 7.27. The summed E-state index contributed by atoms with van der Waals surface area (Å²) in [5, 5.41) is 3.89. The summed E-state index contributed by atoms with van der Waals surface area (Å²) in [5.41, 5.74) is 1.17. The van der Waals surface area contributed by atoms with Crippen LogP contribution in [0, 0.1) is 0 Å². The first-order valence-electron chi connectivity index (χ1n) is 11.5. The fourth-order valence-electron chi connectivity index (χ4n) is 4.07. The highest BCUT2D eigenvalue weighted by Gasteiger charge is 2.27. The molecule has 2 aromatic rings. The zero-order chi connectivity index (χ0) is 22.8. The van der Waals surface area contributed by atoms with Gasteiger partial charge in [0.05, 0.1) is 0 Å². The zero-order valence-corrected chi connectivity index (χ0v) is 20.3. The monoisotopic (exact) mass is 472 g/mol. The van der Waals surface area contributed by atoms with Gasteiger partial charge >= 0.3 is 0 Å². The van der Waals surface area contributed by atoms with E-state index in [1.54, 1.807) is 16.7 Å². The van der Waals surface area contributed by atoms with E-state index >= 15 is 0 Å². The summed E-state index contributed by atoms with van der Waals surface area (Å²) >= 11 is 7.58. The first-order valence-corrected chi connectivity index (χ1v) is 12.9. The van der Waals surface area contributed by atoms with E-state index in [4.69, 9.17) is 11.6 Å². The smallest absolute Gasteiger partial charge is 0.242 e. The second-order valence-electron chi connectivity index (χ2n) is 8.39. The Balaban J connectivity index is 1.59. The van der Waals surface area contributed by atoms with E-state index in [-0.39, 0.29) is 17.9 Å². The predicted molar refractivity (Wildman–Crippen MR) is 133 cm³/mol. The normalized spacial score (nSPS) is 15.2. The molecular weight excluding hydrogens is 440 g/mol. The summed E-state index contributed by atoms with van der Waals surface area (Å²) < 4.78 is 0. The summed E-state index contributed by atoms with van der Waals surface area (Å²) in [6, 6.07) is 17.5. The van der Waals surface area contributed by atoms with Crippen molar-refractivity contribution in [1.29, 1.82) is 0 Å². The lowest BCUT2D eigenvalue weighted by Gasteiger charge is -2.31. The van der Waals surface area contributed by atoms with Crippen molar-refractivity contribution in [3.8, 4) is 0 Å². The second kappa shape index (κ2) is 12.9. The summed E-state index contributed by atoms with van der Waals surface area (Å²) in [4.78, 5) is 29.0. The van der Waals surface area contributed by atoms with Gasteiger partial charge in [-0.2, -0.15) is 0 Å². The molecule has 2 aromatic carbocycles. The number of halogens is 1. The van der Waals surface area contributed by atoms with E-state index in [0.29, 0.717) is 23.7 Å². The molecule has 1 atom stereocenters. The van der Waals surface area contributed by atoms with Crippen LogP contribution in [-0.4, -0.2) is 41.1 Å². The van der Waals surface area contributed by atoms with Gasteiger partial charge < -0.3 is 10.2 Å². The van der Waals surface area contributed by atoms with E-state index < -0.39 is 6.04 Å². The number of rotatable bonds is 10. The first-order chi connectivity index (χ1) is 15.5. The summed E-state index contributed by atoms with van der Waals surface area (Å²) in [6.07, 6.45) is 6.77. The molecule has 0 saturated heterocycles. The van der Waals surface area contributed by atoms with E-state index in [1.807, 2.05) is 49.4 Å². The number of thioether (sulfide) groups is 1. The average Bonchev–Trinajstić information content (AvgIpc) is 2.81. The fraction of sp³-hybridized carbons (Fsp3) is 0.462. The maximum absolute atomic E-state index is 13.2. The van der Waals surface area contributed by atoms with Gasteiger partial charge in [0.2, 0.25) is 11.8 Å². The molecule has 0 spiro atoms. The third-order valence-electron chi connectivity index (χ3n) is 6.00. The molecule has 6 heteroatoms. The molecule has 0 unspecified atom stereocenters. The van der Waals surface area contributed by atoms with Crippen molar-refractivity contribution in [2.75, 3.05) is 12.3 Å². The summed E-state index contributed by atoms with van der Waals surface area (Å²) in [5.74, 6) is 0.650. The van der Waals surface area contributed by atoms with Crippen LogP contribution in [0.15, 0.2) is 59.5 Å². The van der Waals surface area contributed by atoms with Gasteiger partial charge in [0, 0.05) is 34.7 Å². The molecule has 1 saturated carbocycles. The molecule has 32 heavy (non-hydrogen) atoms. The summed E-state index contributed by atoms with van der Waals surface area (Å²) in [6.45, 7) is 2.39. The third kappa shape index (κ3) is 7.86. The number of hydrogen-bond acceptors (Lipinski definition) is 3. The maximum Gasteiger partial charge on any atom is 0.242 e. The second-order valence-corrected chi connectivity index (χ2v) is 10.00. The molecule has 0 aliphatic heterocycles. The highest BCUT2D eigenvalue weighted by Crippen LogP contribution is 2.22. The molecule has 2 amide bonds. The van der Waals surface area contributed by atoms with E-state index in [9.17, 15) is 9.59 Å². The number of amides is 2. The van der Waals surface area contributed by atoms with Gasteiger partial charge in [0.1, 0.15) is 6.04 Å². The highest BCUT2D eigenvalue weighted by molar-refractivity contribution is 7.99. The summed E-state index contributed by atoms with van der Waals surface area (Å²) in [7, 11) is 0. The van der Waals surface area contributed by atoms with Crippen LogP contribution in [0.2, 0.25) is 5.02 Å². The van der Waals surface area contributed by atoms with Crippen LogP contribution in [0.3, 0.4) is 0 Å². The lowest BCUT2D eigenvalue weighted by Crippen LogP contribution is -2.51. The quantitative estimate of drug-likeness (QED) is 0.449. The molecule has 1 aliphatic carbocycles. The van der Waals surface area contributed by atoms with Crippen molar-refractivity contribution in [3.05, 3.63) is 65.2 Å². The van der Waals surface area contributed by atoms with E-state index in [1.165, 1.54) is 12.0 Å². The molecule has 0 aromatic heterocycles. The van der Waals surface area contributed by atoms with Crippen LogP contribution in [-0.2, 0) is 16.0 Å². The Kier molecular flexibility index (Phi) is 9.94. The van der Waals surface area contributed by atoms with Crippen molar-refractivity contribution in [3.63, 3.8) is 0 Å². The average molecular weight is 473 g/mol. The molecule has 3 rings (SSSR count). The van der Waals surface area contributed by atoms with Crippen LogP contribution in [0.25, 0.3) is 0 Å². The Morgan fingerprint density at radius 1 is 1.06 bits per heavy atom. The van der Waals surface area contributed by atoms with Crippen LogP contribution in [0.1, 0.15) is 51.0 Å². The van der Waals surface area contributed by atoms with Gasteiger partial charge in [-0.05, 0) is 56.0 Å². The molecule has 1 aliphatic rings. The molecule has 0 bridgehead atoms. The van der Waals surface area contributed by atoms with Gasteiger partial charge in [-0.3, -0.25) is 9.59 Å². The Morgan fingerprint density at radius 2 is 1.75 bits per heavy atom. The number of nitrogens with zero attached hydrogens (tertiary/aromatic N) is 1. The molecule has 4 nitrogen and oxygen atoms in total. The van der Waals surface area contributed by atoms with Gasteiger partial charge in [0.15, 0.2) is 0 Å². The van der Waals surface area contributed by atoms with E-state index in [0.717, 1.165) is 37.0 Å². The Morgan fingerprint density at radius 3 is 2.44 bits per heavy atom. The van der Waals surface area contributed by atoms with Crippen molar-refractivity contribution >= 4 is 35.2 Å². The van der Waals surface area contributed by atoms with Gasteiger partial charge in [-0.25, -0.2) is 0 Å². The van der Waals surface area contributed by atoms with Crippen LogP contribution >= 0.6 is 23.4 Å². The Bertz CT molecular complexity index is 854. The Labute approximate surface area is 201 Å². The Hall–Kier alpha value is -1.98. The molecule has 1 N–H and O–H groups in total. The maximum atomic E-state index is 13.2. The largest absolute Gasteiger partial charge is 0.352 e. The standard InChI is InChI=1S/C26H33ClN2O2S/c1-20(26(31)28-23-10-6-3-7-11-23)29(18-16-21-8-4-2-5-9-21)25(30)17-19-32-24-14-12-22(27)13-15-24/h2,4-5,8-9,12-15,20,23H,3,6-7,10-11,16-19H2,1H3,(H,28,31)/t20-/m0/s1.